The highest BCUT2D eigenvalue weighted by Crippen LogP contribution is 2.35. The van der Waals surface area contributed by atoms with Crippen molar-refractivity contribution in [3.05, 3.63) is 36.7 Å². The van der Waals surface area contributed by atoms with Gasteiger partial charge in [-0.05, 0) is 46.8 Å². The topological polar surface area (TPSA) is 101 Å². The Labute approximate surface area is 168 Å². The zero-order chi connectivity index (χ0) is 20.9. The normalized spacial score (nSPS) is 12.2. The molecule has 0 atom stereocenters. The molecule has 150 valence electrons. The Morgan fingerprint density at radius 2 is 1.90 bits per heavy atom. The maximum absolute atomic E-state index is 13.1. The molecule has 4 rings (SSSR count). The first-order chi connectivity index (χ1) is 13.7. The SMILES string of the molecule is CC(C)n1nc(-c2cc3ccccc3n2C(=O)OC(C)(C)C)c2c(N)ncnc21. The van der Waals surface area contributed by atoms with Gasteiger partial charge in [-0.25, -0.2) is 24.0 Å². The fourth-order valence-electron chi connectivity index (χ4n) is 3.37. The summed E-state index contributed by atoms with van der Waals surface area (Å²) in [4.78, 5) is 21.7. The van der Waals surface area contributed by atoms with Crippen molar-refractivity contribution in [3.8, 4) is 11.4 Å². The highest BCUT2D eigenvalue weighted by molar-refractivity contribution is 6.03. The van der Waals surface area contributed by atoms with E-state index in [9.17, 15) is 4.79 Å². The summed E-state index contributed by atoms with van der Waals surface area (Å²) >= 11 is 0. The van der Waals surface area contributed by atoms with Crippen LogP contribution < -0.4 is 5.73 Å². The molecular formula is C21H24N6O2. The average Bonchev–Trinajstić information content (AvgIpc) is 3.19. The van der Waals surface area contributed by atoms with Gasteiger partial charge in [-0.2, -0.15) is 5.10 Å². The number of benzene rings is 1. The largest absolute Gasteiger partial charge is 0.443 e. The number of ether oxygens (including phenoxy) is 1. The second kappa shape index (κ2) is 6.58. The third kappa shape index (κ3) is 3.20. The third-order valence-corrected chi connectivity index (χ3v) is 4.54. The van der Waals surface area contributed by atoms with Gasteiger partial charge in [0.1, 0.15) is 23.4 Å². The summed E-state index contributed by atoms with van der Waals surface area (Å²) in [5, 5.41) is 6.28. The third-order valence-electron chi connectivity index (χ3n) is 4.54. The maximum Gasteiger partial charge on any atom is 0.419 e. The van der Waals surface area contributed by atoms with Crippen molar-refractivity contribution in [2.45, 2.75) is 46.3 Å². The van der Waals surface area contributed by atoms with E-state index in [2.05, 4.69) is 9.97 Å². The molecule has 0 fully saturated rings. The Kier molecular flexibility index (Phi) is 4.29. The molecule has 0 aliphatic heterocycles. The van der Waals surface area contributed by atoms with Crippen molar-refractivity contribution >= 4 is 33.8 Å². The van der Waals surface area contributed by atoms with Crippen molar-refractivity contribution in [2.24, 2.45) is 0 Å². The summed E-state index contributed by atoms with van der Waals surface area (Å²) in [5.41, 5.74) is 8.07. The van der Waals surface area contributed by atoms with Gasteiger partial charge in [0.15, 0.2) is 5.65 Å². The standard InChI is InChI=1S/C21H24N6O2/c1-12(2)27-19-16(18(22)23-11-24-19)17(25-27)15-10-13-8-6-7-9-14(13)26(15)20(28)29-21(3,4)5/h6-12H,1-5H3,(H2,22,23,24). The predicted octanol–water partition coefficient (Wildman–Crippen LogP) is 4.39. The number of aromatic nitrogens is 5. The molecule has 0 saturated carbocycles. The zero-order valence-corrected chi connectivity index (χ0v) is 17.2. The molecule has 3 heterocycles. The lowest BCUT2D eigenvalue weighted by atomic mass is 10.2. The van der Waals surface area contributed by atoms with Crippen LogP contribution >= 0.6 is 0 Å². The van der Waals surface area contributed by atoms with E-state index in [-0.39, 0.29) is 6.04 Å². The lowest BCUT2D eigenvalue weighted by Gasteiger charge is -2.20. The van der Waals surface area contributed by atoms with Crippen LogP contribution in [0.25, 0.3) is 33.3 Å². The van der Waals surface area contributed by atoms with Crippen molar-refractivity contribution in [1.82, 2.24) is 24.3 Å². The van der Waals surface area contributed by atoms with Crippen LogP contribution in [0, 0.1) is 0 Å². The van der Waals surface area contributed by atoms with Crippen LogP contribution in [0.5, 0.6) is 0 Å². The number of hydrogen-bond donors (Lipinski definition) is 1. The molecular weight excluding hydrogens is 368 g/mol. The molecule has 4 aromatic rings. The van der Waals surface area contributed by atoms with Crippen LogP contribution in [-0.4, -0.2) is 36.0 Å². The van der Waals surface area contributed by atoms with E-state index in [1.807, 2.05) is 65.0 Å². The van der Waals surface area contributed by atoms with Crippen LogP contribution in [0.15, 0.2) is 36.7 Å². The van der Waals surface area contributed by atoms with Gasteiger partial charge in [0, 0.05) is 11.4 Å². The van der Waals surface area contributed by atoms with E-state index in [0.717, 1.165) is 10.9 Å². The summed E-state index contributed by atoms with van der Waals surface area (Å²) < 4.78 is 9.01. The quantitative estimate of drug-likeness (QED) is 0.543. The Hall–Kier alpha value is -3.42. The van der Waals surface area contributed by atoms with E-state index in [1.54, 1.807) is 9.25 Å². The van der Waals surface area contributed by atoms with E-state index in [0.29, 0.717) is 28.2 Å². The first kappa shape index (κ1) is 18.9. The number of nitrogen functional groups attached to an aromatic ring is 1. The van der Waals surface area contributed by atoms with Crippen LogP contribution in [0.4, 0.5) is 10.6 Å². The van der Waals surface area contributed by atoms with Gasteiger partial charge in [-0.1, -0.05) is 18.2 Å². The predicted molar refractivity (Wildman–Crippen MR) is 113 cm³/mol. The summed E-state index contributed by atoms with van der Waals surface area (Å²) in [6.07, 6.45) is 0.946. The average molecular weight is 392 g/mol. The number of hydrogen-bond acceptors (Lipinski definition) is 6. The molecule has 3 aromatic heterocycles. The molecule has 0 aliphatic carbocycles. The molecule has 0 amide bonds. The van der Waals surface area contributed by atoms with Gasteiger partial charge in [-0.3, -0.25) is 0 Å². The van der Waals surface area contributed by atoms with E-state index in [4.69, 9.17) is 15.6 Å². The van der Waals surface area contributed by atoms with Crippen LogP contribution in [0.1, 0.15) is 40.7 Å². The van der Waals surface area contributed by atoms with Gasteiger partial charge in [0.2, 0.25) is 0 Å². The van der Waals surface area contributed by atoms with Crippen molar-refractivity contribution in [2.75, 3.05) is 5.73 Å². The summed E-state index contributed by atoms with van der Waals surface area (Å²) in [5.74, 6) is 0.317. The number of nitrogens with two attached hydrogens (primary N) is 1. The minimum absolute atomic E-state index is 0.0555. The molecule has 29 heavy (non-hydrogen) atoms. The minimum Gasteiger partial charge on any atom is -0.443 e. The monoisotopic (exact) mass is 392 g/mol. The van der Waals surface area contributed by atoms with Crippen molar-refractivity contribution in [3.63, 3.8) is 0 Å². The Balaban J connectivity index is 2.05. The van der Waals surface area contributed by atoms with E-state index in [1.165, 1.54) is 6.33 Å². The first-order valence-electron chi connectivity index (χ1n) is 9.50. The number of rotatable bonds is 2. The summed E-state index contributed by atoms with van der Waals surface area (Å²) in [7, 11) is 0. The molecule has 0 unspecified atom stereocenters. The minimum atomic E-state index is -0.638. The lowest BCUT2D eigenvalue weighted by molar-refractivity contribution is 0.0547. The Bertz CT molecular complexity index is 1230. The molecule has 0 spiro atoms. The van der Waals surface area contributed by atoms with Crippen LogP contribution in [0.2, 0.25) is 0 Å². The van der Waals surface area contributed by atoms with Gasteiger partial charge in [0.05, 0.1) is 16.6 Å². The molecule has 0 bridgehead atoms. The molecule has 0 aliphatic rings. The molecule has 8 nitrogen and oxygen atoms in total. The molecule has 0 saturated heterocycles. The number of para-hydroxylation sites is 1. The maximum atomic E-state index is 13.1. The Morgan fingerprint density at radius 1 is 1.17 bits per heavy atom. The fourth-order valence-corrected chi connectivity index (χ4v) is 3.37. The number of carbonyl (C=O) groups is 1. The van der Waals surface area contributed by atoms with Gasteiger partial charge in [-0.15, -0.1) is 0 Å². The molecule has 0 radical (unpaired) electrons. The lowest BCUT2D eigenvalue weighted by Crippen LogP contribution is -2.27. The van der Waals surface area contributed by atoms with E-state index < -0.39 is 11.7 Å². The Morgan fingerprint density at radius 3 is 2.59 bits per heavy atom. The highest BCUT2D eigenvalue weighted by Gasteiger charge is 2.27. The van der Waals surface area contributed by atoms with Crippen LogP contribution in [-0.2, 0) is 4.74 Å². The molecule has 8 heteroatoms. The zero-order valence-electron chi connectivity index (χ0n) is 17.2. The van der Waals surface area contributed by atoms with Crippen LogP contribution in [0.3, 0.4) is 0 Å². The van der Waals surface area contributed by atoms with Gasteiger partial charge in [0.25, 0.3) is 0 Å². The fraction of sp³-hybridized carbons (Fsp3) is 0.333. The first-order valence-corrected chi connectivity index (χ1v) is 9.50. The van der Waals surface area contributed by atoms with Gasteiger partial charge < -0.3 is 10.5 Å². The second-order valence-electron chi connectivity index (χ2n) is 8.25. The van der Waals surface area contributed by atoms with Gasteiger partial charge >= 0.3 is 6.09 Å². The second-order valence-corrected chi connectivity index (χ2v) is 8.25. The van der Waals surface area contributed by atoms with Crippen molar-refractivity contribution < 1.29 is 9.53 Å². The number of fused-ring (bicyclic) bond motifs is 2. The summed E-state index contributed by atoms with van der Waals surface area (Å²) in [6, 6.07) is 9.60. The number of anilines is 1. The highest BCUT2D eigenvalue weighted by atomic mass is 16.6. The number of nitrogens with zero attached hydrogens (tertiary/aromatic N) is 5. The smallest absolute Gasteiger partial charge is 0.419 e. The number of carbonyl (C=O) groups excluding carboxylic acids is 1. The molecule has 2 N–H and O–H groups in total. The van der Waals surface area contributed by atoms with Crippen molar-refractivity contribution in [1.29, 1.82) is 0 Å². The summed E-state index contributed by atoms with van der Waals surface area (Å²) in [6.45, 7) is 9.54. The van der Waals surface area contributed by atoms with E-state index >= 15 is 0 Å². The molecule has 1 aromatic carbocycles.